The van der Waals surface area contributed by atoms with Crippen molar-refractivity contribution in [3.05, 3.63) is 34.9 Å². The number of hydrogen-bond donors (Lipinski definition) is 2. The molecule has 0 aromatic heterocycles. The Kier molecular flexibility index (Phi) is 7.01. The summed E-state index contributed by atoms with van der Waals surface area (Å²) in [5.41, 5.74) is 1.48. The number of nitrogens with zero attached hydrogens (tertiary/aromatic N) is 4. The smallest absolute Gasteiger partial charge is 0.408 e. The van der Waals surface area contributed by atoms with E-state index in [-0.39, 0.29) is 36.0 Å². The topological polar surface area (TPSA) is 143 Å². The number of carboxylic acid groups (broad SMARTS) is 1. The van der Waals surface area contributed by atoms with E-state index in [0.717, 1.165) is 30.4 Å². The van der Waals surface area contributed by atoms with Gasteiger partial charge < -0.3 is 25.0 Å². The zero-order chi connectivity index (χ0) is 28.1. The minimum Gasteiger partial charge on any atom is -0.478 e. The molecule has 0 radical (unpaired) electrons. The van der Waals surface area contributed by atoms with Crippen LogP contribution >= 0.6 is 0 Å². The highest BCUT2D eigenvalue weighted by atomic mass is 16.6. The number of likely N-dealkylation sites (tertiary alicyclic amines) is 3. The summed E-state index contributed by atoms with van der Waals surface area (Å²) in [5.74, 6) is -1.31. The quantitative estimate of drug-likeness (QED) is 0.561. The summed E-state index contributed by atoms with van der Waals surface area (Å²) < 4.78 is 5.41. The Hall–Kier alpha value is -3.65. The van der Waals surface area contributed by atoms with Crippen LogP contribution in [0, 0.1) is 11.3 Å². The van der Waals surface area contributed by atoms with Crippen LogP contribution in [0.15, 0.2) is 18.2 Å². The highest BCUT2D eigenvalue weighted by Crippen LogP contribution is 2.44. The van der Waals surface area contributed by atoms with E-state index in [1.807, 2.05) is 15.9 Å². The minimum atomic E-state index is -0.965. The van der Waals surface area contributed by atoms with Crippen LogP contribution in [0.5, 0.6) is 0 Å². The molecule has 3 aliphatic heterocycles. The zero-order valence-corrected chi connectivity index (χ0v) is 22.6. The van der Waals surface area contributed by atoms with Gasteiger partial charge in [-0.3, -0.25) is 14.5 Å². The molecule has 5 atom stereocenters. The molecular weight excluding hydrogens is 502 g/mol. The fraction of sp³-hybridized carbons (Fsp3) is 0.607. The highest BCUT2D eigenvalue weighted by molar-refractivity contribution is 5.89. The molecule has 4 aliphatic rings. The summed E-state index contributed by atoms with van der Waals surface area (Å²) in [4.78, 5) is 56.6. The first-order valence-corrected chi connectivity index (χ1v) is 13.6. The second kappa shape index (κ2) is 10.2. The van der Waals surface area contributed by atoms with Gasteiger partial charge in [-0.2, -0.15) is 5.26 Å². The van der Waals surface area contributed by atoms with Crippen molar-refractivity contribution in [2.75, 3.05) is 19.6 Å². The van der Waals surface area contributed by atoms with Crippen LogP contribution < -0.4 is 5.32 Å². The molecular formula is C28H35N5O6. The first-order valence-electron chi connectivity index (χ1n) is 13.6. The molecule has 0 saturated carbocycles. The number of rotatable bonds is 6. The molecule has 2 bridgehead atoms. The molecule has 2 unspecified atom stereocenters. The van der Waals surface area contributed by atoms with Crippen LogP contribution in [0.4, 0.5) is 4.79 Å². The van der Waals surface area contributed by atoms with Gasteiger partial charge in [-0.15, -0.1) is 0 Å². The number of nitrogens with one attached hydrogen (secondary N) is 1. The molecule has 3 heterocycles. The van der Waals surface area contributed by atoms with E-state index in [2.05, 4.69) is 11.4 Å². The van der Waals surface area contributed by atoms with E-state index in [9.17, 15) is 29.5 Å². The Morgan fingerprint density at radius 3 is 2.67 bits per heavy atom. The summed E-state index contributed by atoms with van der Waals surface area (Å²) in [6.07, 6.45) is 2.71. The number of hydrogen-bond acceptors (Lipinski definition) is 7. The number of carboxylic acids is 1. The van der Waals surface area contributed by atoms with Crippen LogP contribution in [0.3, 0.4) is 0 Å². The van der Waals surface area contributed by atoms with E-state index in [1.54, 1.807) is 32.9 Å². The fourth-order valence-electron chi connectivity index (χ4n) is 6.55. The monoisotopic (exact) mass is 537 g/mol. The number of nitriles is 1. The third-order valence-corrected chi connectivity index (χ3v) is 8.18. The number of benzene rings is 1. The Labute approximate surface area is 227 Å². The first-order chi connectivity index (χ1) is 18.5. The van der Waals surface area contributed by atoms with Crippen molar-refractivity contribution in [1.29, 1.82) is 5.26 Å². The van der Waals surface area contributed by atoms with Crippen LogP contribution in [0.2, 0.25) is 0 Å². The predicted molar refractivity (Wildman–Crippen MR) is 139 cm³/mol. The lowest BCUT2D eigenvalue weighted by atomic mass is 10.0. The Balaban J connectivity index is 1.30. The second-order valence-electron chi connectivity index (χ2n) is 11.9. The third-order valence-electron chi connectivity index (χ3n) is 8.18. The van der Waals surface area contributed by atoms with Gasteiger partial charge in [0.1, 0.15) is 17.7 Å². The lowest BCUT2D eigenvalue weighted by molar-refractivity contribution is -0.141. The molecule has 1 aromatic carbocycles. The van der Waals surface area contributed by atoms with Crippen molar-refractivity contribution < 1.29 is 29.0 Å². The normalized spacial score (nSPS) is 26.9. The Morgan fingerprint density at radius 1 is 1.23 bits per heavy atom. The molecule has 39 heavy (non-hydrogen) atoms. The Morgan fingerprint density at radius 2 is 2.00 bits per heavy atom. The third kappa shape index (κ3) is 5.17. The molecule has 1 aliphatic carbocycles. The molecule has 11 nitrogen and oxygen atoms in total. The van der Waals surface area contributed by atoms with Crippen molar-refractivity contribution in [2.24, 2.45) is 0 Å². The van der Waals surface area contributed by atoms with Crippen LogP contribution in [-0.4, -0.2) is 93.1 Å². The summed E-state index contributed by atoms with van der Waals surface area (Å²) in [7, 11) is 0. The number of carbonyl (C=O) groups is 4. The van der Waals surface area contributed by atoms with Gasteiger partial charge in [0.05, 0.1) is 23.7 Å². The number of amides is 3. The van der Waals surface area contributed by atoms with Crippen molar-refractivity contribution >= 4 is 23.9 Å². The molecule has 3 saturated heterocycles. The summed E-state index contributed by atoms with van der Waals surface area (Å²) in [6.45, 7) is 6.39. The van der Waals surface area contributed by atoms with Gasteiger partial charge in [0, 0.05) is 25.7 Å². The van der Waals surface area contributed by atoms with Gasteiger partial charge in [-0.05, 0) is 76.1 Å². The van der Waals surface area contributed by atoms with Crippen LogP contribution in [-0.2, 0) is 20.7 Å². The molecule has 1 aromatic rings. The Bertz CT molecular complexity index is 1240. The van der Waals surface area contributed by atoms with Gasteiger partial charge in [-0.1, -0.05) is 6.07 Å². The van der Waals surface area contributed by atoms with E-state index >= 15 is 0 Å². The molecule has 0 spiro atoms. The maximum Gasteiger partial charge on any atom is 0.408 e. The molecule has 208 valence electrons. The van der Waals surface area contributed by atoms with Crippen molar-refractivity contribution in [2.45, 2.75) is 88.7 Å². The molecule has 2 N–H and O–H groups in total. The van der Waals surface area contributed by atoms with Gasteiger partial charge in [0.25, 0.3) is 0 Å². The first kappa shape index (κ1) is 26.9. The average Bonchev–Trinajstić information content (AvgIpc) is 3.64. The van der Waals surface area contributed by atoms with Gasteiger partial charge in [0.2, 0.25) is 11.8 Å². The van der Waals surface area contributed by atoms with Crippen LogP contribution in [0.1, 0.15) is 74.0 Å². The lowest BCUT2D eigenvalue weighted by Gasteiger charge is -2.39. The minimum absolute atomic E-state index is 0.00838. The number of aromatic carboxylic acids is 1. The van der Waals surface area contributed by atoms with E-state index in [0.29, 0.717) is 25.9 Å². The number of piperazine rings is 1. The maximum atomic E-state index is 13.6. The number of fused-ring (bicyclic) bond motifs is 3. The summed E-state index contributed by atoms with van der Waals surface area (Å²) in [5, 5.41) is 21.5. The van der Waals surface area contributed by atoms with Crippen molar-refractivity contribution in [1.82, 2.24) is 20.0 Å². The van der Waals surface area contributed by atoms with Gasteiger partial charge >= 0.3 is 12.1 Å². The van der Waals surface area contributed by atoms with Crippen molar-refractivity contribution in [3.8, 4) is 6.07 Å². The standard InChI is InChI=1S/C28H35N5O6/c1-28(2,3)39-27(38)30-21(24(34)32-10-4-5-18(32)13-29)15-31-14-19-12-23(31)25(35)33(19)22-9-7-16-11-17(26(36)37)6-8-20(16)22/h6,8,11,18-19,21-23H,4-5,7,9-10,12,14-15H2,1-3H3,(H,30,38)(H,36,37)/t18?,19?,21-,22-,23-/m0/s1. The van der Waals surface area contributed by atoms with E-state index in [4.69, 9.17) is 4.74 Å². The van der Waals surface area contributed by atoms with E-state index in [1.165, 1.54) is 4.90 Å². The summed E-state index contributed by atoms with van der Waals surface area (Å²) >= 11 is 0. The molecule has 5 rings (SSSR count). The van der Waals surface area contributed by atoms with Crippen molar-refractivity contribution in [3.63, 3.8) is 0 Å². The van der Waals surface area contributed by atoms with Gasteiger partial charge in [0.15, 0.2) is 0 Å². The fourth-order valence-corrected chi connectivity index (χ4v) is 6.55. The zero-order valence-electron chi connectivity index (χ0n) is 22.6. The summed E-state index contributed by atoms with van der Waals surface area (Å²) in [6, 6.07) is 5.29. The average molecular weight is 538 g/mol. The lowest BCUT2D eigenvalue weighted by Crippen LogP contribution is -2.59. The number of carbonyl (C=O) groups excluding carboxylic acids is 3. The maximum absolute atomic E-state index is 13.6. The van der Waals surface area contributed by atoms with Gasteiger partial charge in [-0.25, -0.2) is 9.59 Å². The molecule has 11 heteroatoms. The molecule has 3 amide bonds. The SMILES string of the molecule is CC(C)(C)OC(=O)N[C@@H](CN1CC2C[C@H]1C(=O)N2[C@H]1CCc2cc(C(=O)O)ccc21)C(=O)N1CCCC1C#N. The largest absolute Gasteiger partial charge is 0.478 e. The molecule has 3 fully saturated rings. The number of alkyl carbamates (subject to hydrolysis) is 1. The number of aryl methyl sites for hydroxylation is 1. The van der Waals surface area contributed by atoms with E-state index < -0.39 is 35.8 Å². The highest BCUT2D eigenvalue weighted by Gasteiger charge is 2.53. The van der Waals surface area contributed by atoms with Crippen LogP contribution in [0.25, 0.3) is 0 Å². The second-order valence-corrected chi connectivity index (χ2v) is 11.9. The predicted octanol–water partition coefficient (Wildman–Crippen LogP) is 2.07. The number of ether oxygens (including phenoxy) is 1.